The van der Waals surface area contributed by atoms with E-state index in [-0.39, 0.29) is 6.04 Å². The zero-order chi connectivity index (χ0) is 20.7. The number of hydrogen-bond donors (Lipinski definition) is 1. The first-order chi connectivity index (χ1) is 14.6. The van der Waals surface area contributed by atoms with Gasteiger partial charge in [0.05, 0.1) is 18.6 Å². The molecular weight excluding hydrogens is 436 g/mol. The predicted molar refractivity (Wildman–Crippen MR) is 125 cm³/mol. The number of piperidine rings is 3. The first-order valence-electron chi connectivity index (χ1n) is 10.8. The first-order valence-corrected chi connectivity index (χ1v) is 11.6. The minimum atomic E-state index is -0.501. The van der Waals surface area contributed by atoms with E-state index < -0.39 is 6.10 Å². The van der Waals surface area contributed by atoms with Crippen molar-refractivity contribution in [3.05, 3.63) is 89.0 Å². The average Bonchev–Trinajstić information content (AvgIpc) is 2.78. The van der Waals surface area contributed by atoms with Crippen molar-refractivity contribution >= 4 is 26.8 Å². The van der Waals surface area contributed by atoms with Gasteiger partial charge in [0.25, 0.3) is 0 Å². The van der Waals surface area contributed by atoms with E-state index in [0.717, 1.165) is 51.5 Å². The van der Waals surface area contributed by atoms with E-state index in [9.17, 15) is 5.11 Å². The van der Waals surface area contributed by atoms with E-state index in [2.05, 4.69) is 63.9 Å². The minimum Gasteiger partial charge on any atom is -0.382 e. The summed E-state index contributed by atoms with van der Waals surface area (Å²) in [4.78, 5) is 4.50. The topological polar surface area (TPSA) is 33.1 Å². The summed E-state index contributed by atoms with van der Waals surface area (Å²) in [6.07, 6.45) is 5.75. The molecule has 3 fully saturated rings. The Morgan fingerprint density at radius 3 is 2.90 bits per heavy atom. The molecule has 6 rings (SSSR count). The summed E-state index contributed by atoms with van der Waals surface area (Å²) in [6.45, 7) is 7.26. The second-order valence-electron chi connectivity index (χ2n) is 9.03. The molecule has 4 heterocycles. The Labute approximate surface area is 186 Å². The van der Waals surface area contributed by atoms with Crippen molar-refractivity contribution in [1.29, 1.82) is 0 Å². The highest BCUT2D eigenvalue weighted by Gasteiger charge is 2.53. The summed E-state index contributed by atoms with van der Waals surface area (Å²) in [6, 6.07) is 19.0. The molecule has 3 saturated heterocycles. The molecule has 0 aliphatic carbocycles. The van der Waals surface area contributed by atoms with Crippen molar-refractivity contribution in [2.75, 3.05) is 13.1 Å². The maximum atomic E-state index is 11.7. The van der Waals surface area contributed by atoms with E-state index >= 15 is 0 Å². The molecule has 3 aliphatic heterocycles. The monoisotopic (exact) mass is 463 g/mol. The molecular formula is C26H28BrN2O+. The lowest BCUT2D eigenvalue weighted by Crippen LogP contribution is -2.67. The molecule has 0 spiro atoms. The summed E-state index contributed by atoms with van der Waals surface area (Å²) in [5.74, 6) is 1.15. The molecule has 3 aliphatic rings. The van der Waals surface area contributed by atoms with Crippen molar-refractivity contribution in [3.8, 4) is 0 Å². The van der Waals surface area contributed by atoms with Crippen LogP contribution in [0.3, 0.4) is 0 Å². The smallest absolute Gasteiger partial charge is 0.131 e. The van der Waals surface area contributed by atoms with Gasteiger partial charge >= 0.3 is 0 Å². The quantitative estimate of drug-likeness (QED) is 0.392. The number of aliphatic hydroxyl groups is 1. The van der Waals surface area contributed by atoms with Gasteiger partial charge in [0.1, 0.15) is 18.7 Å². The molecule has 4 unspecified atom stereocenters. The molecule has 0 amide bonds. The van der Waals surface area contributed by atoms with Crippen LogP contribution in [0.5, 0.6) is 0 Å². The number of quaternary nitrogens is 1. The number of halogens is 1. The average molecular weight is 464 g/mol. The second-order valence-corrected chi connectivity index (χ2v) is 9.94. The van der Waals surface area contributed by atoms with Gasteiger partial charge in [-0.05, 0) is 35.7 Å². The maximum Gasteiger partial charge on any atom is 0.131 e. The van der Waals surface area contributed by atoms with Crippen LogP contribution < -0.4 is 0 Å². The standard InChI is InChI=1S/C26H28BrN2O/c1-2-19-17-29(16-18-6-5-7-21(27)14-18)13-11-20(19)15-25(29)26(30)23-10-12-28-24-9-4-3-8-22(23)24/h2-10,12,14,19-20,25-26,30H,1,11,13,15-17H2/q+1/t19?,20?,25?,26-,29?/m0/s1. The van der Waals surface area contributed by atoms with Gasteiger partial charge in [-0.15, -0.1) is 6.58 Å². The molecule has 30 heavy (non-hydrogen) atoms. The van der Waals surface area contributed by atoms with Crippen molar-refractivity contribution in [2.45, 2.75) is 31.5 Å². The third kappa shape index (κ3) is 3.41. The van der Waals surface area contributed by atoms with Crippen molar-refractivity contribution in [2.24, 2.45) is 11.8 Å². The Bertz CT molecular complexity index is 1080. The van der Waals surface area contributed by atoms with Crippen molar-refractivity contribution in [1.82, 2.24) is 4.98 Å². The van der Waals surface area contributed by atoms with Gasteiger partial charge in [-0.2, -0.15) is 0 Å². The van der Waals surface area contributed by atoms with E-state index in [1.807, 2.05) is 30.5 Å². The van der Waals surface area contributed by atoms with Gasteiger partial charge in [-0.3, -0.25) is 4.98 Å². The van der Waals surface area contributed by atoms with E-state index in [1.165, 1.54) is 12.0 Å². The summed E-state index contributed by atoms with van der Waals surface area (Å²) >= 11 is 3.63. The number of benzene rings is 2. The highest BCUT2D eigenvalue weighted by molar-refractivity contribution is 9.10. The highest BCUT2D eigenvalue weighted by Crippen LogP contribution is 2.48. The summed E-state index contributed by atoms with van der Waals surface area (Å²) in [7, 11) is 0. The fourth-order valence-electron chi connectivity index (χ4n) is 5.96. The molecule has 0 saturated carbocycles. The molecule has 4 heteroatoms. The first kappa shape index (κ1) is 19.9. The third-order valence-electron chi connectivity index (χ3n) is 7.43. The fraction of sp³-hybridized carbons (Fsp3) is 0.346. The molecule has 2 aromatic carbocycles. The van der Waals surface area contributed by atoms with Crippen LogP contribution in [0.15, 0.2) is 77.9 Å². The third-order valence-corrected chi connectivity index (χ3v) is 7.92. The number of aromatic nitrogens is 1. The highest BCUT2D eigenvalue weighted by atomic mass is 79.9. The van der Waals surface area contributed by atoms with Crippen LogP contribution in [0.25, 0.3) is 10.9 Å². The van der Waals surface area contributed by atoms with Gasteiger partial charge in [0.2, 0.25) is 0 Å². The van der Waals surface area contributed by atoms with E-state index in [1.54, 1.807) is 0 Å². The normalized spacial score (nSPS) is 29.1. The van der Waals surface area contributed by atoms with Crippen LogP contribution in [0.2, 0.25) is 0 Å². The zero-order valence-corrected chi connectivity index (χ0v) is 18.7. The number of rotatable bonds is 5. The maximum absolute atomic E-state index is 11.7. The SMILES string of the molecule is C=CC1C[N+]2(Cc3cccc(Br)c3)CCC1CC2[C@@H](O)c1ccnc2ccccc12. The van der Waals surface area contributed by atoms with Gasteiger partial charge < -0.3 is 9.59 Å². The van der Waals surface area contributed by atoms with Gasteiger partial charge in [0, 0.05) is 40.4 Å². The lowest BCUT2D eigenvalue weighted by atomic mass is 9.71. The number of fused-ring (bicyclic) bond motifs is 4. The van der Waals surface area contributed by atoms with Gasteiger partial charge in [-0.25, -0.2) is 0 Å². The summed E-state index contributed by atoms with van der Waals surface area (Å²) in [5, 5.41) is 12.8. The largest absolute Gasteiger partial charge is 0.382 e. The summed E-state index contributed by atoms with van der Waals surface area (Å²) < 4.78 is 2.05. The lowest BCUT2D eigenvalue weighted by Gasteiger charge is -2.58. The number of para-hydroxylation sites is 1. The van der Waals surface area contributed by atoms with E-state index in [0.29, 0.717) is 11.8 Å². The zero-order valence-electron chi connectivity index (χ0n) is 17.1. The molecule has 154 valence electrons. The van der Waals surface area contributed by atoms with Crippen molar-refractivity contribution in [3.63, 3.8) is 0 Å². The number of aliphatic hydroxyl groups excluding tert-OH is 1. The Kier molecular flexibility index (Phi) is 5.26. The predicted octanol–water partition coefficient (Wildman–Crippen LogP) is 5.64. The van der Waals surface area contributed by atoms with Crippen molar-refractivity contribution < 1.29 is 9.59 Å². The van der Waals surface area contributed by atoms with Crippen LogP contribution in [0.1, 0.15) is 30.1 Å². The van der Waals surface area contributed by atoms with Crippen LogP contribution >= 0.6 is 15.9 Å². The van der Waals surface area contributed by atoms with Crippen LogP contribution in [-0.2, 0) is 6.54 Å². The van der Waals surface area contributed by atoms with Crippen LogP contribution in [-0.4, -0.2) is 33.7 Å². The van der Waals surface area contributed by atoms with Crippen LogP contribution in [0, 0.1) is 11.8 Å². The number of pyridine rings is 1. The second kappa shape index (κ2) is 7.92. The Hall–Kier alpha value is -2.01. The number of hydrogen-bond acceptors (Lipinski definition) is 2. The molecule has 3 aromatic rings. The minimum absolute atomic E-state index is 0.185. The number of nitrogens with zero attached hydrogens (tertiary/aromatic N) is 2. The summed E-state index contributed by atoms with van der Waals surface area (Å²) in [5.41, 5.74) is 3.29. The molecule has 1 N–H and O–H groups in total. The molecule has 3 nitrogen and oxygen atoms in total. The molecule has 5 atom stereocenters. The van der Waals surface area contributed by atoms with Crippen LogP contribution in [0.4, 0.5) is 0 Å². The van der Waals surface area contributed by atoms with Gasteiger partial charge in [-0.1, -0.05) is 52.3 Å². The lowest BCUT2D eigenvalue weighted by molar-refractivity contribution is -0.984. The molecule has 2 bridgehead atoms. The molecule has 1 aromatic heterocycles. The van der Waals surface area contributed by atoms with Gasteiger partial charge in [0.15, 0.2) is 0 Å². The Morgan fingerprint density at radius 2 is 2.07 bits per heavy atom. The fourth-order valence-corrected chi connectivity index (χ4v) is 6.41. The Balaban J connectivity index is 1.56. The molecule has 0 radical (unpaired) electrons. The Morgan fingerprint density at radius 1 is 1.20 bits per heavy atom. The van der Waals surface area contributed by atoms with E-state index in [4.69, 9.17) is 0 Å².